The average Bonchev–Trinajstić information content (AvgIpc) is 2.25. The molecule has 94 valence electrons. The number of ether oxygens (including phenoxy) is 1. The van der Waals surface area contributed by atoms with E-state index in [1.54, 1.807) is 7.11 Å². The van der Waals surface area contributed by atoms with Crippen LogP contribution in [-0.4, -0.2) is 25.2 Å². The van der Waals surface area contributed by atoms with Crippen molar-refractivity contribution in [2.24, 2.45) is 5.92 Å². The molecule has 1 rings (SSSR count). The SMILES string of the molecule is CCC(CC)CNC(=O)CC1(OC)CCC1. The third-order valence-electron chi connectivity index (χ3n) is 3.92. The van der Waals surface area contributed by atoms with Gasteiger partial charge in [0.1, 0.15) is 0 Å². The standard InChI is InChI=1S/C13H25NO2/c1-4-11(5-2)10-14-12(15)9-13(16-3)7-6-8-13/h11H,4-10H2,1-3H3,(H,14,15). The maximum Gasteiger partial charge on any atom is 0.222 e. The van der Waals surface area contributed by atoms with Gasteiger partial charge in [0.25, 0.3) is 0 Å². The Balaban J connectivity index is 2.25. The molecule has 0 heterocycles. The van der Waals surface area contributed by atoms with Crippen molar-refractivity contribution in [2.75, 3.05) is 13.7 Å². The summed E-state index contributed by atoms with van der Waals surface area (Å²) in [6, 6.07) is 0. The van der Waals surface area contributed by atoms with Crippen molar-refractivity contribution in [3.05, 3.63) is 0 Å². The van der Waals surface area contributed by atoms with Crippen LogP contribution in [0, 0.1) is 5.92 Å². The largest absolute Gasteiger partial charge is 0.378 e. The van der Waals surface area contributed by atoms with Gasteiger partial charge in [0.15, 0.2) is 0 Å². The molecule has 0 radical (unpaired) electrons. The maximum absolute atomic E-state index is 11.8. The molecular formula is C13H25NO2. The second-order valence-electron chi connectivity index (χ2n) is 4.90. The van der Waals surface area contributed by atoms with Gasteiger partial charge in [-0.15, -0.1) is 0 Å². The van der Waals surface area contributed by atoms with Crippen LogP contribution in [0.3, 0.4) is 0 Å². The van der Waals surface area contributed by atoms with E-state index in [9.17, 15) is 4.79 Å². The molecule has 0 unspecified atom stereocenters. The number of hydrogen-bond donors (Lipinski definition) is 1. The number of rotatable bonds is 7. The molecule has 1 aliphatic rings. The number of methoxy groups -OCH3 is 1. The van der Waals surface area contributed by atoms with Gasteiger partial charge in [0.2, 0.25) is 5.91 Å². The molecule has 0 bridgehead atoms. The van der Waals surface area contributed by atoms with E-state index in [2.05, 4.69) is 19.2 Å². The van der Waals surface area contributed by atoms with Gasteiger partial charge in [0.05, 0.1) is 12.0 Å². The van der Waals surface area contributed by atoms with Crippen LogP contribution in [0.4, 0.5) is 0 Å². The molecule has 1 amide bonds. The minimum Gasteiger partial charge on any atom is -0.378 e. The smallest absolute Gasteiger partial charge is 0.222 e. The van der Waals surface area contributed by atoms with Crippen LogP contribution in [0.25, 0.3) is 0 Å². The molecule has 16 heavy (non-hydrogen) atoms. The quantitative estimate of drug-likeness (QED) is 0.725. The molecule has 3 nitrogen and oxygen atoms in total. The van der Waals surface area contributed by atoms with E-state index in [1.165, 1.54) is 6.42 Å². The van der Waals surface area contributed by atoms with Gasteiger partial charge < -0.3 is 10.1 Å². The highest BCUT2D eigenvalue weighted by atomic mass is 16.5. The van der Waals surface area contributed by atoms with Crippen molar-refractivity contribution in [3.8, 4) is 0 Å². The third-order valence-corrected chi connectivity index (χ3v) is 3.92. The van der Waals surface area contributed by atoms with Crippen molar-refractivity contribution < 1.29 is 9.53 Å². The number of hydrogen-bond acceptors (Lipinski definition) is 2. The zero-order valence-corrected chi connectivity index (χ0v) is 10.8. The molecule has 1 saturated carbocycles. The minimum absolute atomic E-state index is 0.141. The highest BCUT2D eigenvalue weighted by Gasteiger charge is 2.38. The van der Waals surface area contributed by atoms with Gasteiger partial charge in [-0.05, 0) is 25.2 Å². The Hall–Kier alpha value is -0.570. The van der Waals surface area contributed by atoms with Crippen LogP contribution >= 0.6 is 0 Å². The summed E-state index contributed by atoms with van der Waals surface area (Å²) in [4.78, 5) is 11.8. The second kappa shape index (κ2) is 6.24. The Labute approximate surface area is 98.9 Å². The Morgan fingerprint density at radius 1 is 1.38 bits per heavy atom. The predicted molar refractivity (Wildman–Crippen MR) is 65.3 cm³/mol. The van der Waals surface area contributed by atoms with Crippen molar-refractivity contribution in [1.82, 2.24) is 5.32 Å². The second-order valence-corrected chi connectivity index (χ2v) is 4.90. The summed E-state index contributed by atoms with van der Waals surface area (Å²) in [5.41, 5.74) is -0.141. The fourth-order valence-electron chi connectivity index (χ4n) is 2.21. The van der Waals surface area contributed by atoms with E-state index in [1.807, 2.05) is 0 Å². The van der Waals surface area contributed by atoms with Gasteiger partial charge in [-0.3, -0.25) is 4.79 Å². The van der Waals surface area contributed by atoms with Crippen LogP contribution < -0.4 is 5.32 Å². The molecule has 0 atom stereocenters. The summed E-state index contributed by atoms with van der Waals surface area (Å²) >= 11 is 0. The fraction of sp³-hybridized carbons (Fsp3) is 0.923. The number of amides is 1. The van der Waals surface area contributed by atoms with Crippen LogP contribution in [0.5, 0.6) is 0 Å². The van der Waals surface area contributed by atoms with E-state index >= 15 is 0 Å². The zero-order chi connectivity index (χ0) is 12.0. The number of carbonyl (C=O) groups is 1. The van der Waals surface area contributed by atoms with Crippen LogP contribution in [0.1, 0.15) is 52.4 Å². The molecule has 1 fully saturated rings. The van der Waals surface area contributed by atoms with E-state index in [4.69, 9.17) is 4.74 Å². The Kier molecular flexibility index (Phi) is 5.26. The summed E-state index contributed by atoms with van der Waals surface area (Å²) in [5.74, 6) is 0.761. The van der Waals surface area contributed by atoms with Gasteiger partial charge >= 0.3 is 0 Å². The van der Waals surface area contributed by atoms with Gasteiger partial charge in [-0.2, -0.15) is 0 Å². The summed E-state index contributed by atoms with van der Waals surface area (Å²) in [6.07, 6.45) is 6.04. The summed E-state index contributed by atoms with van der Waals surface area (Å²) in [7, 11) is 1.72. The minimum atomic E-state index is -0.141. The fourth-order valence-corrected chi connectivity index (χ4v) is 2.21. The predicted octanol–water partition coefficient (Wildman–Crippen LogP) is 2.50. The van der Waals surface area contributed by atoms with Crippen molar-refractivity contribution in [2.45, 2.75) is 58.0 Å². The van der Waals surface area contributed by atoms with E-state index in [-0.39, 0.29) is 11.5 Å². The lowest BCUT2D eigenvalue weighted by atomic mass is 9.77. The average molecular weight is 227 g/mol. The first-order valence-corrected chi connectivity index (χ1v) is 6.47. The molecule has 1 N–H and O–H groups in total. The Morgan fingerprint density at radius 3 is 2.38 bits per heavy atom. The molecule has 0 spiro atoms. The molecule has 1 aliphatic carbocycles. The summed E-state index contributed by atoms with van der Waals surface area (Å²) in [5, 5.41) is 3.02. The van der Waals surface area contributed by atoms with E-state index in [0.29, 0.717) is 12.3 Å². The summed E-state index contributed by atoms with van der Waals surface area (Å²) < 4.78 is 5.44. The molecule has 0 aliphatic heterocycles. The van der Waals surface area contributed by atoms with Crippen molar-refractivity contribution in [3.63, 3.8) is 0 Å². The maximum atomic E-state index is 11.8. The van der Waals surface area contributed by atoms with Gasteiger partial charge in [-0.25, -0.2) is 0 Å². The monoisotopic (exact) mass is 227 g/mol. The lowest BCUT2D eigenvalue weighted by molar-refractivity contribution is -0.134. The Morgan fingerprint density at radius 2 is 2.00 bits per heavy atom. The molecule has 0 aromatic heterocycles. The zero-order valence-electron chi connectivity index (χ0n) is 10.8. The molecular weight excluding hydrogens is 202 g/mol. The first-order chi connectivity index (χ1) is 7.65. The first-order valence-electron chi connectivity index (χ1n) is 6.47. The lowest BCUT2D eigenvalue weighted by Gasteiger charge is -2.40. The highest BCUT2D eigenvalue weighted by molar-refractivity contribution is 5.77. The topological polar surface area (TPSA) is 38.3 Å². The lowest BCUT2D eigenvalue weighted by Crippen LogP contribution is -2.44. The van der Waals surface area contributed by atoms with Crippen LogP contribution in [-0.2, 0) is 9.53 Å². The molecule has 0 aromatic carbocycles. The van der Waals surface area contributed by atoms with E-state index in [0.717, 1.165) is 32.2 Å². The van der Waals surface area contributed by atoms with Gasteiger partial charge in [-0.1, -0.05) is 26.7 Å². The van der Waals surface area contributed by atoms with Crippen molar-refractivity contribution >= 4 is 5.91 Å². The summed E-state index contributed by atoms with van der Waals surface area (Å²) in [6.45, 7) is 5.15. The highest BCUT2D eigenvalue weighted by Crippen LogP contribution is 2.37. The van der Waals surface area contributed by atoms with E-state index < -0.39 is 0 Å². The normalized spacial score (nSPS) is 18.2. The Bertz CT molecular complexity index is 214. The molecule has 3 heteroatoms. The third kappa shape index (κ3) is 3.48. The van der Waals surface area contributed by atoms with Gasteiger partial charge in [0, 0.05) is 13.7 Å². The first kappa shape index (κ1) is 13.5. The van der Waals surface area contributed by atoms with Crippen LogP contribution in [0.2, 0.25) is 0 Å². The number of nitrogens with one attached hydrogen (secondary N) is 1. The molecule has 0 aromatic rings. The molecule has 0 saturated heterocycles. The van der Waals surface area contributed by atoms with Crippen molar-refractivity contribution in [1.29, 1.82) is 0 Å². The number of carbonyl (C=O) groups excluding carboxylic acids is 1. The van der Waals surface area contributed by atoms with Crippen LogP contribution in [0.15, 0.2) is 0 Å².